The second kappa shape index (κ2) is 3.96. The third kappa shape index (κ3) is 1.87. The number of nitrogens with one attached hydrogen (secondary N) is 1. The van der Waals surface area contributed by atoms with Crippen LogP contribution in [0, 0.1) is 12.7 Å². The fourth-order valence-electron chi connectivity index (χ4n) is 1.62. The molecule has 0 saturated carbocycles. The van der Waals surface area contributed by atoms with E-state index in [9.17, 15) is 4.39 Å². The van der Waals surface area contributed by atoms with Crippen LogP contribution in [0.25, 0.3) is 0 Å². The summed E-state index contributed by atoms with van der Waals surface area (Å²) in [5, 5.41) is 3.18. The first-order chi connectivity index (χ1) is 6.77. The van der Waals surface area contributed by atoms with E-state index < -0.39 is 0 Å². The van der Waals surface area contributed by atoms with Gasteiger partial charge in [0.1, 0.15) is 6.10 Å². The molecule has 1 aromatic rings. The molecule has 1 aliphatic heterocycles. The summed E-state index contributed by atoms with van der Waals surface area (Å²) < 4.78 is 19.1. The molecule has 3 heteroatoms. The Bertz CT molecular complexity index is 321. The van der Waals surface area contributed by atoms with Gasteiger partial charge in [-0.3, -0.25) is 0 Å². The highest BCUT2D eigenvalue weighted by Crippen LogP contribution is 2.21. The van der Waals surface area contributed by atoms with E-state index in [2.05, 4.69) is 5.32 Å². The van der Waals surface area contributed by atoms with Gasteiger partial charge in [-0.2, -0.15) is 0 Å². The highest BCUT2D eigenvalue weighted by molar-refractivity contribution is 5.30. The fourth-order valence-corrected chi connectivity index (χ4v) is 1.62. The van der Waals surface area contributed by atoms with Gasteiger partial charge in [-0.1, -0.05) is 12.1 Å². The maximum absolute atomic E-state index is 13.5. The fraction of sp³-hybridized carbons (Fsp3) is 0.455. The number of hydrogen-bond acceptors (Lipinski definition) is 2. The Kier molecular flexibility index (Phi) is 2.68. The second-order valence-electron chi connectivity index (χ2n) is 3.62. The van der Waals surface area contributed by atoms with E-state index in [1.807, 2.05) is 6.07 Å². The summed E-state index contributed by atoms with van der Waals surface area (Å²) in [4.78, 5) is 0. The Hall–Kier alpha value is -1.09. The third-order valence-electron chi connectivity index (χ3n) is 2.47. The van der Waals surface area contributed by atoms with Gasteiger partial charge in [0.05, 0.1) is 0 Å². The Balaban J connectivity index is 2.11. The van der Waals surface area contributed by atoms with Crippen molar-refractivity contribution in [1.82, 2.24) is 5.32 Å². The molecule has 1 fully saturated rings. The smallest absolute Gasteiger partial charge is 0.167 e. The number of benzene rings is 1. The largest absolute Gasteiger partial charge is 0.486 e. The summed E-state index contributed by atoms with van der Waals surface area (Å²) in [6.07, 6.45) is 1.07. The number of aryl methyl sites for hydroxylation is 1. The predicted octanol–water partition coefficient (Wildman–Crippen LogP) is 1.87. The molecule has 1 atom stereocenters. The SMILES string of the molecule is Cc1cccc(O[C@@H]2CCNC2)c1F. The molecular weight excluding hydrogens is 181 g/mol. The van der Waals surface area contributed by atoms with Crippen LogP contribution < -0.4 is 10.1 Å². The van der Waals surface area contributed by atoms with Crippen LogP contribution in [0.5, 0.6) is 5.75 Å². The van der Waals surface area contributed by atoms with Crippen LogP contribution in [0.3, 0.4) is 0 Å². The molecule has 0 amide bonds. The van der Waals surface area contributed by atoms with E-state index >= 15 is 0 Å². The third-order valence-corrected chi connectivity index (χ3v) is 2.47. The van der Waals surface area contributed by atoms with Gasteiger partial charge >= 0.3 is 0 Å². The van der Waals surface area contributed by atoms with Crippen molar-refractivity contribution in [3.05, 3.63) is 29.6 Å². The summed E-state index contributed by atoms with van der Waals surface area (Å²) in [5.74, 6) is 0.137. The Morgan fingerprint density at radius 3 is 3.07 bits per heavy atom. The quantitative estimate of drug-likeness (QED) is 0.778. The van der Waals surface area contributed by atoms with E-state index in [1.54, 1.807) is 19.1 Å². The second-order valence-corrected chi connectivity index (χ2v) is 3.62. The number of halogens is 1. The Labute approximate surface area is 83.1 Å². The van der Waals surface area contributed by atoms with Crippen molar-refractivity contribution < 1.29 is 9.13 Å². The van der Waals surface area contributed by atoms with Crippen LogP contribution >= 0.6 is 0 Å². The lowest BCUT2D eigenvalue weighted by atomic mass is 10.2. The molecule has 2 nitrogen and oxygen atoms in total. The normalized spacial score (nSPS) is 21.1. The van der Waals surface area contributed by atoms with E-state index in [0.29, 0.717) is 11.3 Å². The summed E-state index contributed by atoms with van der Waals surface area (Å²) >= 11 is 0. The standard InChI is InChI=1S/C11H14FNO/c1-8-3-2-4-10(11(8)12)14-9-5-6-13-7-9/h2-4,9,13H,5-7H2,1H3/t9-/m1/s1. The first-order valence-electron chi connectivity index (χ1n) is 4.90. The maximum atomic E-state index is 13.5. The van der Waals surface area contributed by atoms with Crippen molar-refractivity contribution in [3.63, 3.8) is 0 Å². The van der Waals surface area contributed by atoms with Gasteiger partial charge < -0.3 is 10.1 Å². The lowest BCUT2D eigenvalue weighted by molar-refractivity contribution is 0.212. The molecule has 1 aromatic carbocycles. The Morgan fingerprint density at radius 2 is 2.36 bits per heavy atom. The zero-order chi connectivity index (χ0) is 9.97. The van der Waals surface area contributed by atoms with Gasteiger partial charge in [0.2, 0.25) is 0 Å². The monoisotopic (exact) mass is 195 g/mol. The van der Waals surface area contributed by atoms with Crippen LogP contribution in [0.1, 0.15) is 12.0 Å². The molecule has 76 valence electrons. The summed E-state index contributed by atoms with van der Waals surface area (Å²) in [5.41, 5.74) is 0.633. The average Bonchev–Trinajstić information content (AvgIpc) is 2.66. The van der Waals surface area contributed by atoms with Crippen molar-refractivity contribution >= 4 is 0 Å². The molecule has 0 aliphatic carbocycles. The predicted molar refractivity (Wildman–Crippen MR) is 53.0 cm³/mol. The van der Waals surface area contributed by atoms with E-state index in [4.69, 9.17) is 4.74 Å². The topological polar surface area (TPSA) is 21.3 Å². The summed E-state index contributed by atoms with van der Waals surface area (Å²) in [6, 6.07) is 5.24. The van der Waals surface area contributed by atoms with Crippen molar-refractivity contribution in [1.29, 1.82) is 0 Å². The molecule has 1 heterocycles. The Morgan fingerprint density at radius 1 is 1.50 bits per heavy atom. The van der Waals surface area contributed by atoms with Crippen LogP contribution in [-0.2, 0) is 0 Å². The highest BCUT2D eigenvalue weighted by Gasteiger charge is 2.17. The lowest BCUT2D eigenvalue weighted by Gasteiger charge is -2.13. The zero-order valence-electron chi connectivity index (χ0n) is 8.22. The van der Waals surface area contributed by atoms with Crippen molar-refractivity contribution in [3.8, 4) is 5.75 Å². The first kappa shape index (κ1) is 9.46. The minimum absolute atomic E-state index is 0.117. The maximum Gasteiger partial charge on any atom is 0.167 e. The molecular formula is C11H14FNO. The van der Waals surface area contributed by atoms with Gasteiger partial charge in [0, 0.05) is 6.54 Å². The molecule has 2 rings (SSSR count). The zero-order valence-corrected chi connectivity index (χ0v) is 8.22. The number of hydrogen-bond donors (Lipinski definition) is 1. The molecule has 0 bridgehead atoms. The lowest BCUT2D eigenvalue weighted by Crippen LogP contribution is -2.20. The van der Waals surface area contributed by atoms with Gasteiger partial charge in [0.25, 0.3) is 0 Å². The molecule has 0 radical (unpaired) electrons. The number of ether oxygens (including phenoxy) is 1. The minimum Gasteiger partial charge on any atom is -0.486 e. The van der Waals surface area contributed by atoms with Gasteiger partial charge in [-0.05, 0) is 31.5 Å². The van der Waals surface area contributed by atoms with E-state index in [-0.39, 0.29) is 11.9 Å². The molecule has 0 unspecified atom stereocenters. The van der Waals surface area contributed by atoms with Crippen molar-refractivity contribution in [2.45, 2.75) is 19.4 Å². The van der Waals surface area contributed by atoms with Gasteiger partial charge in [-0.15, -0.1) is 0 Å². The van der Waals surface area contributed by atoms with Crippen LogP contribution in [-0.4, -0.2) is 19.2 Å². The molecule has 0 spiro atoms. The summed E-state index contributed by atoms with van der Waals surface area (Å²) in [6.45, 7) is 3.51. The average molecular weight is 195 g/mol. The highest BCUT2D eigenvalue weighted by atomic mass is 19.1. The van der Waals surface area contributed by atoms with Crippen LogP contribution in [0.2, 0.25) is 0 Å². The van der Waals surface area contributed by atoms with Crippen molar-refractivity contribution in [2.24, 2.45) is 0 Å². The molecule has 1 N–H and O–H groups in total. The minimum atomic E-state index is -0.237. The molecule has 14 heavy (non-hydrogen) atoms. The van der Waals surface area contributed by atoms with E-state index in [1.165, 1.54) is 0 Å². The summed E-state index contributed by atoms with van der Waals surface area (Å²) in [7, 11) is 0. The van der Waals surface area contributed by atoms with Crippen molar-refractivity contribution in [2.75, 3.05) is 13.1 Å². The van der Waals surface area contributed by atoms with E-state index in [0.717, 1.165) is 19.5 Å². The number of rotatable bonds is 2. The molecule has 1 aliphatic rings. The van der Waals surface area contributed by atoms with Gasteiger partial charge in [-0.25, -0.2) is 4.39 Å². The van der Waals surface area contributed by atoms with Crippen LogP contribution in [0.4, 0.5) is 4.39 Å². The molecule has 1 saturated heterocycles. The first-order valence-corrected chi connectivity index (χ1v) is 4.90. The van der Waals surface area contributed by atoms with Gasteiger partial charge in [0.15, 0.2) is 11.6 Å². The molecule has 0 aromatic heterocycles. The van der Waals surface area contributed by atoms with Crippen LogP contribution in [0.15, 0.2) is 18.2 Å².